The molecule has 5 heteroatoms. The van der Waals surface area contributed by atoms with Gasteiger partial charge in [0.2, 0.25) is 0 Å². The van der Waals surface area contributed by atoms with Crippen molar-refractivity contribution in [3.8, 4) is 0 Å². The number of benzene rings is 1. The molecule has 0 amide bonds. The second-order valence-corrected chi connectivity index (χ2v) is 3.75. The molecule has 0 unspecified atom stereocenters. The fraction of sp³-hybridized carbons (Fsp3) is 0. The molecule has 1 aromatic carbocycles. The van der Waals surface area contributed by atoms with Crippen LogP contribution in [0.5, 0.6) is 0 Å². The maximum atomic E-state index is 11.4. The molecule has 2 aromatic rings. The van der Waals surface area contributed by atoms with Gasteiger partial charge in [0.1, 0.15) is 0 Å². The first kappa shape index (κ1) is 8.72. The molecule has 3 nitrogen and oxygen atoms in total. The van der Waals surface area contributed by atoms with E-state index >= 15 is 0 Å². The van der Waals surface area contributed by atoms with Crippen LogP contribution in [0.15, 0.2) is 27.7 Å². The Morgan fingerprint density at radius 1 is 1.46 bits per heavy atom. The minimum Gasteiger partial charge on any atom is -0.313 e. The predicted molar refractivity (Wildman–Crippen MR) is 55.1 cm³/mol. The van der Waals surface area contributed by atoms with E-state index in [9.17, 15) is 4.79 Å². The smallest absolute Gasteiger partial charge is 0.259 e. The van der Waals surface area contributed by atoms with Crippen LogP contribution in [0.1, 0.15) is 0 Å². The summed E-state index contributed by atoms with van der Waals surface area (Å²) in [6.45, 7) is 0. The fourth-order valence-corrected chi connectivity index (χ4v) is 1.82. The van der Waals surface area contributed by atoms with Gasteiger partial charge in [-0.15, -0.1) is 0 Å². The summed E-state index contributed by atoms with van der Waals surface area (Å²) in [6, 6.07) is 3.42. The van der Waals surface area contributed by atoms with Gasteiger partial charge >= 0.3 is 0 Å². The number of H-pyrrole nitrogens is 1. The van der Waals surface area contributed by atoms with Crippen LogP contribution < -0.4 is 5.56 Å². The molecule has 0 atom stereocenters. The van der Waals surface area contributed by atoms with Crippen molar-refractivity contribution in [1.29, 1.82) is 0 Å². The summed E-state index contributed by atoms with van der Waals surface area (Å²) in [4.78, 5) is 17.8. The Balaban J connectivity index is 3.09. The summed E-state index contributed by atoms with van der Waals surface area (Å²) < 4.78 is 0.696. The number of aromatic amines is 1. The summed E-state index contributed by atoms with van der Waals surface area (Å²) >= 11 is 9.13. The number of rotatable bonds is 0. The van der Waals surface area contributed by atoms with Gasteiger partial charge in [0.05, 0.1) is 22.3 Å². The zero-order valence-electron chi connectivity index (χ0n) is 6.34. The van der Waals surface area contributed by atoms with Gasteiger partial charge in [0.25, 0.3) is 5.56 Å². The summed E-state index contributed by atoms with van der Waals surface area (Å²) in [5.74, 6) is 0. The molecule has 0 spiro atoms. The van der Waals surface area contributed by atoms with Gasteiger partial charge in [-0.1, -0.05) is 11.6 Å². The number of halogens is 2. The lowest BCUT2D eigenvalue weighted by Gasteiger charge is -1.99. The maximum Gasteiger partial charge on any atom is 0.259 e. The molecule has 0 saturated heterocycles. The van der Waals surface area contributed by atoms with E-state index in [1.165, 1.54) is 6.33 Å². The largest absolute Gasteiger partial charge is 0.313 e. The van der Waals surface area contributed by atoms with E-state index in [-0.39, 0.29) is 5.56 Å². The number of hydrogen-bond donors (Lipinski definition) is 1. The van der Waals surface area contributed by atoms with Crippen molar-refractivity contribution in [2.45, 2.75) is 0 Å². The topological polar surface area (TPSA) is 45.8 Å². The molecular formula is C8H4BrClN2O. The lowest BCUT2D eigenvalue weighted by molar-refractivity contribution is 1.17. The first-order valence-corrected chi connectivity index (χ1v) is 4.68. The molecule has 0 aliphatic rings. The van der Waals surface area contributed by atoms with E-state index in [0.29, 0.717) is 20.4 Å². The first-order chi connectivity index (χ1) is 6.20. The average molecular weight is 259 g/mol. The van der Waals surface area contributed by atoms with Gasteiger partial charge in [0, 0.05) is 4.47 Å². The van der Waals surface area contributed by atoms with E-state index in [1.54, 1.807) is 12.1 Å². The van der Waals surface area contributed by atoms with Crippen LogP contribution in [0.3, 0.4) is 0 Å². The number of aromatic nitrogens is 2. The van der Waals surface area contributed by atoms with E-state index in [0.717, 1.165) is 0 Å². The summed E-state index contributed by atoms with van der Waals surface area (Å²) in [6.07, 6.45) is 1.34. The third kappa shape index (κ3) is 1.36. The Morgan fingerprint density at radius 2 is 2.23 bits per heavy atom. The lowest BCUT2D eigenvalue weighted by Crippen LogP contribution is -2.06. The van der Waals surface area contributed by atoms with Crippen molar-refractivity contribution in [1.82, 2.24) is 9.97 Å². The molecule has 0 aliphatic heterocycles. The Hall–Kier alpha value is -0.870. The Labute approximate surface area is 86.9 Å². The van der Waals surface area contributed by atoms with Crippen molar-refractivity contribution in [2.75, 3.05) is 0 Å². The molecule has 1 aromatic heterocycles. The van der Waals surface area contributed by atoms with Gasteiger partial charge in [-0.3, -0.25) is 4.79 Å². The van der Waals surface area contributed by atoms with Crippen LogP contribution in [-0.4, -0.2) is 9.97 Å². The minimum atomic E-state index is -0.195. The van der Waals surface area contributed by atoms with Crippen molar-refractivity contribution in [2.24, 2.45) is 0 Å². The molecular weight excluding hydrogens is 255 g/mol. The third-order valence-corrected chi connectivity index (χ3v) is 2.66. The quantitative estimate of drug-likeness (QED) is 0.789. The SMILES string of the molecule is O=c1[nH]cnc2c(Cl)ccc(Br)c12. The summed E-state index contributed by atoms with van der Waals surface area (Å²) in [5.41, 5.74) is 0.319. The monoisotopic (exact) mass is 258 g/mol. The highest BCUT2D eigenvalue weighted by Gasteiger charge is 2.06. The van der Waals surface area contributed by atoms with Crippen LogP contribution in [0.2, 0.25) is 5.02 Å². The minimum absolute atomic E-state index is 0.195. The summed E-state index contributed by atoms with van der Waals surface area (Å²) in [5, 5.41) is 0.958. The standard InChI is InChI=1S/C8H4BrClN2O/c9-4-1-2-5(10)7-6(4)8(13)12-3-11-7/h1-3H,(H,11,12,13). The van der Waals surface area contributed by atoms with Gasteiger partial charge < -0.3 is 4.98 Å². The van der Waals surface area contributed by atoms with Gasteiger partial charge in [-0.25, -0.2) is 4.98 Å². The second kappa shape index (κ2) is 3.12. The van der Waals surface area contributed by atoms with Crippen LogP contribution in [0, 0.1) is 0 Å². The zero-order chi connectivity index (χ0) is 9.42. The zero-order valence-corrected chi connectivity index (χ0v) is 8.69. The molecule has 0 aliphatic carbocycles. The van der Waals surface area contributed by atoms with E-state index in [4.69, 9.17) is 11.6 Å². The van der Waals surface area contributed by atoms with Gasteiger partial charge in [-0.05, 0) is 28.1 Å². The Bertz CT molecular complexity index is 523. The van der Waals surface area contributed by atoms with E-state index < -0.39 is 0 Å². The van der Waals surface area contributed by atoms with E-state index in [1.807, 2.05) is 0 Å². The highest BCUT2D eigenvalue weighted by Crippen LogP contribution is 2.24. The normalized spacial score (nSPS) is 10.6. The number of hydrogen-bond acceptors (Lipinski definition) is 2. The van der Waals surface area contributed by atoms with Crippen molar-refractivity contribution in [3.05, 3.63) is 38.3 Å². The third-order valence-electron chi connectivity index (χ3n) is 1.69. The first-order valence-electron chi connectivity index (χ1n) is 3.51. The predicted octanol–water partition coefficient (Wildman–Crippen LogP) is 2.34. The molecule has 66 valence electrons. The van der Waals surface area contributed by atoms with Crippen molar-refractivity contribution in [3.63, 3.8) is 0 Å². The molecule has 0 saturated carbocycles. The molecule has 1 N–H and O–H groups in total. The highest BCUT2D eigenvalue weighted by atomic mass is 79.9. The highest BCUT2D eigenvalue weighted by molar-refractivity contribution is 9.10. The van der Waals surface area contributed by atoms with Crippen molar-refractivity contribution < 1.29 is 0 Å². The maximum absolute atomic E-state index is 11.4. The van der Waals surface area contributed by atoms with E-state index in [2.05, 4.69) is 25.9 Å². The van der Waals surface area contributed by atoms with Gasteiger partial charge in [0.15, 0.2) is 0 Å². The lowest BCUT2D eigenvalue weighted by atomic mass is 10.2. The van der Waals surface area contributed by atoms with Crippen LogP contribution in [-0.2, 0) is 0 Å². The average Bonchev–Trinajstić information content (AvgIpc) is 2.12. The molecule has 0 fully saturated rings. The number of fused-ring (bicyclic) bond motifs is 1. The number of nitrogens with zero attached hydrogens (tertiary/aromatic N) is 1. The molecule has 13 heavy (non-hydrogen) atoms. The molecule has 0 bridgehead atoms. The van der Waals surface area contributed by atoms with Crippen molar-refractivity contribution >= 4 is 38.4 Å². The molecule has 2 rings (SSSR count). The molecule has 1 heterocycles. The number of nitrogens with one attached hydrogen (secondary N) is 1. The Morgan fingerprint density at radius 3 is 2.92 bits per heavy atom. The van der Waals surface area contributed by atoms with Crippen LogP contribution in [0.25, 0.3) is 10.9 Å². The summed E-state index contributed by atoms with van der Waals surface area (Å²) in [7, 11) is 0. The Kier molecular flexibility index (Phi) is 2.09. The van der Waals surface area contributed by atoms with Gasteiger partial charge in [-0.2, -0.15) is 0 Å². The fourth-order valence-electron chi connectivity index (χ4n) is 1.11. The van der Waals surface area contributed by atoms with Crippen LogP contribution in [0.4, 0.5) is 0 Å². The second-order valence-electron chi connectivity index (χ2n) is 2.48. The van der Waals surface area contributed by atoms with Crippen LogP contribution >= 0.6 is 27.5 Å². The molecule has 0 radical (unpaired) electrons.